The van der Waals surface area contributed by atoms with Crippen LogP contribution in [0.1, 0.15) is 31.9 Å². The van der Waals surface area contributed by atoms with Crippen LogP contribution in [0, 0.1) is 0 Å². The number of fused-ring (bicyclic) bond motifs is 2. The van der Waals surface area contributed by atoms with Crippen molar-refractivity contribution < 1.29 is 49.0 Å². The molecule has 3 heterocycles. The number of aliphatic hydroxyl groups is 4. The molecule has 0 saturated carbocycles. The highest BCUT2D eigenvalue weighted by atomic mass is 16.7. The van der Waals surface area contributed by atoms with E-state index >= 15 is 0 Å². The Balaban J connectivity index is 1.59. The number of carbonyl (C=O) groups is 1. The molecule has 4 rings (SSSR count). The van der Waals surface area contributed by atoms with E-state index in [1.54, 1.807) is 39.0 Å². The largest absolute Gasteiger partial charge is 0.487 e. The highest BCUT2D eigenvalue weighted by Gasteiger charge is 2.50. The number of hydrogen-bond acceptors (Lipinski definition) is 10. The average Bonchev–Trinajstić information content (AvgIpc) is 3.25. The highest BCUT2D eigenvalue weighted by Crippen LogP contribution is 2.39. The second-order valence-corrected chi connectivity index (χ2v) is 9.99. The molecule has 2 aliphatic rings. The molecule has 36 heavy (non-hydrogen) atoms. The van der Waals surface area contributed by atoms with Gasteiger partial charge in [-0.2, -0.15) is 0 Å². The number of rotatable bonds is 7. The zero-order valence-corrected chi connectivity index (χ0v) is 20.1. The number of aliphatic hydroxyl groups excluding tert-OH is 4. The first-order chi connectivity index (χ1) is 16.8. The van der Waals surface area contributed by atoms with Crippen molar-refractivity contribution in [1.82, 2.24) is 0 Å². The molecule has 0 bridgehead atoms. The van der Waals surface area contributed by atoms with Gasteiger partial charge in [0.25, 0.3) is 0 Å². The lowest BCUT2D eigenvalue weighted by atomic mass is 9.84. The smallest absolute Gasteiger partial charge is 0.340 e. The van der Waals surface area contributed by atoms with E-state index in [-0.39, 0.29) is 12.2 Å². The second kappa shape index (κ2) is 9.25. The predicted octanol–water partition coefficient (Wildman–Crippen LogP) is 0.220. The Kier molecular flexibility index (Phi) is 6.75. The Hall–Kier alpha value is -2.80. The van der Waals surface area contributed by atoms with Gasteiger partial charge in [0, 0.05) is 23.3 Å². The van der Waals surface area contributed by atoms with Crippen molar-refractivity contribution in [2.75, 3.05) is 6.61 Å². The first kappa shape index (κ1) is 26.3. The molecule has 1 aromatic heterocycles. The Morgan fingerprint density at radius 3 is 2.47 bits per heavy atom. The fraction of sp³-hybridized carbons (Fsp3) is 0.520. The zero-order chi connectivity index (χ0) is 26.6. The SMILES string of the molecule is C=CC(C)(CO)c1cc2cc3c(cc2oc1=O)OC(C(C)(C)OC1OC(C(=O)O)C(O)C(O)C1O)C3. The fourth-order valence-electron chi connectivity index (χ4n) is 4.43. The normalized spacial score (nSPS) is 29.9. The molecule has 0 radical (unpaired) electrons. The van der Waals surface area contributed by atoms with E-state index in [0.717, 1.165) is 5.56 Å². The Morgan fingerprint density at radius 2 is 1.86 bits per heavy atom. The molecule has 11 nitrogen and oxygen atoms in total. The second-order valence-electron chi connectivity index (χ2n) is 9.99. The number of carboxylic acids is 1. The molecular weight excluding hydrogens is 476 g/mol. The first-order valence-corrected chi connectivity index (χ1v) is 11.4. The van der Waals surface area contributed by atoms with Crippen molar-refractivity contribution in [3.05, 3.63) is 52.4 Å². The van der Waals surface area contributed by atoms with Gasteiger partial charge in [0.2, 0.25) is 0 Å². The summed E-state index contributed by atoms with van der Waals surface area (Å²) in [6.07, 6.45) is -7.39. The molecule has 7 unspecified atom stereocenters. The molecule has 1 saturated heterocycles. The van der Waals surface area contributed by atoms with Crippen molar-refractivity contribution in [2.24, 2.45) is 0 Å². The van der Waals surface area contributed by atoms with E-state index in [1.807, 2.05) is 0 Å². The van der Waals surface area contributed by atoms with Crippen molar-refractivity contribution in [2.45, 2.75) is 75.0 Å². The third kappa shape index (κ3) is 4.42. The number of hydrogen-bond donors (Lipinski definition) is 5. The summed E-state index contributed by atoms with van der Waals surface area (Å²) in [5, 5.41) is 49.9. The predicted molar refractivity (Wildman–Crippen MR) is 125 cm³/mol. The summed E-state index contributed by atoms with van der Waals surface area (Å²) in [4.78, 5) is 24.0. The monoisotopic (exact) mass is 506 g/mol. The minimum atomic E-state index is -1.83. The van der Waals surface area contributed by atoms with Crippen LogP contribution in [0.15, 0.2) is 40.1 Å². The van der Waals surface area contributed by atoms with E-state index in [4.69, 9.17) is 18.6 Å². The summed E-state index contributed by atoms with van der Waals surface area (Å²) in [6.45, 7) is 8.37. The van der Waals surface area contributed by atoms with E-state index in [1.165, 1.54) is 6.08 Å². The molecule has 2 aliphatic heterocycles. The van der Waals surface area contributed by atoms with Crippen molar-refractivity contribution >= 4 is 16.9 Å². The van der Waals surface area contributed by atoms with Crippen molar-refractivity contribution in [1.29, 1.82) is 0 Å². The number of carboxylic acid groups (broad SMARTS) is 1. The maximum Gasteiger partial charge on any atom is 0.340 e. The van der Waals surface area contributed by atoms with Crippen LogP contribution >= 0.6 is 0 Å². The lowest BCUT2D eigenvalue weighted by Gasteiger charge is -2.42. The van der Waals surface area contributed by atoms with Crippen LogP contribution in [-0.4, -0.2) is 80.5 Å². The molecule has 0 amide bonds. The summed E-state index contributed by atoms with van der Waals surface area (Å²) >= 11 is 0. The van der Waals surface area contributed by atoms with Crippen LogP contribution in [0.25, 0.3) is 11.0 Å². The summed E-state index contributed by atoms with van der Waals surface area (Å²) in [5.41, 5.74) is -1.38. The first-order valence-electron chi connectivity index (χ1n) is 11.4. The van der Waals surface area contributed by atoms with Crippen LogP contribution in [0.5, 0.6) is 5.75 Å². The topological polar surface area (TPSA) is 176 Å². The quantitative estimate of drug-likeness (QED) is 0.256. The molecule has 0 aliphatic carbocycles. The van der Waals surface area contributed by atoms with Crippen LogP contribution in [0.4, 0.5) is 0 Å². The van der Waals surface area contributed by atoms with Gasteiger partial charge >= 0.3 is 11.6 Å². The van der Waals surface area contributed by atoms with Crippen LogP contribution in [0.2, 0.25) is 0 Å². The number of aliphatic carboxylic acids is 1. The van der Waals surface area contributed by atoms with Crippen molar-refractivity contribution in [3.8, 4) is 5.75 Å². The Bertz CT molecular complexity index is 1230. The van der Waals surface area contributed by atoms with Crippen LogP contribution in [0.3, 0.4) is 0 Å². The average molecular weight is 507 g/mol. The van der Waals surface area contributed by atoms with Gasteiger partial charge in [0.05, 0.1) is 12.2 Å². The molecule has 5 N–H and O–H groups in total. The molecule has 2 aromatic rings. The summed E-state index contributed by atoms with van der Waals surface area (Å²) in [7, 11) is 0. The van der Waals surface area contributed by atoms with Gasteiger partial charge in [-0.1, -0.05) is 6.08 Å². The van der Waals surface area contributed by atoms with E-state index in [0.29, 0.717) is 23.1 Å². The Labute approximate surface area is 206 Å². The molecule has 7 atom stereocenters. The number of ether oxygens (including phenoxy) is 3. The molecule has 196 valence electrons. The van der Waals surface area contributed by atoms with Crippen molar-refractivity contribution in [3.63, 3.8) is 0 Å². The minimum Gasteiger partial charge on any atom is -0.487 e. The standard InChI is InChI=1S/C25H30O11/c1-5-25(4,10-26)13-7-11-6-12-8-16(33-14(12)9-15(11)34-22(13)32)24(2,3)36-23-19(29)17(27)18(28)20(35-23)21(30)31/h5-7,9,16-20,23,26-29H,1,8,10H2,2-4H3,(H,30,31). The molecule has 0 spiro atoms. The van der Waals surface area contributed by atoms with Gasteiger partial charge in [0.15, 0.2) is 12.4 Å². The Morgan fingerprint density at radius 1 is 1.17 bits per heavy atom. The van der Waals surface area contributed by atoms with Crippen LogP contribution < -0.4 is 10.4 Å². The zero-order valence-electron chi connectivity index (χ0n) is 20.1. The molecule has 1 aromatic carbocycles. The van der Waals surface area contributed by atoms with Gasteiger partial charge in [-0.05, 0) is 38.5 Å². The van der Waals surface area contributed by atoms with Gasteiger partial charge in [0.1, 0.15) is 41.3 Å². The maximum atomic E-state index is 12.6. The summed E-state index contributed by atoms with van der Waals surface area (Å²) < 4.78 is 22.7. The van der Waals surface area contributed by atoms with Gasteiger partial charge < -0.3 is 44.2 Å². The third-order valence-corrected chi connectivity index (χ3v) is 6.99. The molecular formula is C25H30O11. The number of benzene rings is 1. The highest BCUT2D eigenvalue weighted by molar-refractivity contribution is 5.81. The molecule has 1 fully saturated rings. The minimum absolute atomic E-state index is 0.267. The van der Waals surface area contributed by atoms with E-state index in [9.17, 15) is 35.1 Å². The summed E-state index contributed by atoms with van der Waals surface area (Å²) in [5.74, 6) is -1.05. The van der Waals surface area contributed by atoms with Gasteiger partial charge in [-0.3, -0.25) is 0 Å². The molecule has 11 heteroatoms. The fourth-order valence-corrected chi connectivity index (χ4v) is 4.43. The maximum absolute atomic E-state index is 12.6. The third-order valence-electron chi connectivity index (χ3n) is 6.99. The van der Waals surface area contributed by atoms with E-state index in [2.05, 4.69) is 6.58 Å². The lowest BCUT2D eigenvalue weighted by Crippen LogP contribution is -2.62. The van der Waals surface area contributed by atoms with Gasteiger partial charge in [-0.25, -0.2) is 9.59 Å². The van der Waals surface area contributed by atoms with E-state index < -0.39 is 59.4 Å². The van der Waals surface area contributed by atoms with Gasteiger partial charge in [-0.15, -0.1) is 6.58 Å². The van der Waals surface area contributed by atoms with Crippen LogP contribution in [-0.2, 0) is 26.1 Å². The summed E-state index contributed by atoms with van der Waals surface area (Å²) in [6, 6.07) is 5.04. The lowest BCUT2D eigenvalue weighted by molar-refractivity contribution is -0.323.